The van der Waals surface area contributed by atoms with Gasteiger partial charge in [0.2, 0.25) is 0 Å². The van der Waals surface area contributed by atoms with Gasteiger partial charge in [0.25, 0.3) is 0 Å². The summed E-state index contributed by atoms with van der Waals surface area (Å²) < 4.78 is 1.66. The molecule has 6 nitrogen and oxygen atoms in total. The van der Waals surface area contributed by atoms with Gasteiger partial charge in [-0.2, -0.15) is 5.26 Å². The maximum atomic E-state index is 11.7. The van der Waals surface area contributed by atoms with Crippen LogP contribution in [0.5, 0.6) is 0 Å². The number of rotatable bonds is 3. The normalized spacial score (nSPS) is 14.3. The van der Waals surface area contributed by atoms with Crippen molar-refractivity contribution in [1.29, 1.82) is 5.26 Å². The van der Waals surface area contributed by atoms with E-state index in [1.165, 1.54) is 11.8 Å². The number of nitrogens with zero attached hydrogens (tertiary/aromatic N) is 3. The summed E-state index contributed by atoms with van der Waals surface area (Å²) in [6, 6.07) is 7.53. The van der Waals surface area contributed by atoms with Crippen LogP contribution in [0.15, 0.2) is 33.0 Å². The van der Waals surface area contributed by atoms with Gasteiger partial charge >= 0.3 is 5.69 Å². The highest BCUT2D eigenvalue weighted by Crippen LogP contribution is 2.39. The molecule has 1 saturated carbocycles. The summed E-state index contributed by atoms with van der Waals surface area (Å²) in [5, 5.41) is 16.0. The van der Waals surface area contributed by atoms with Crippen LogP contribution in [-0.4, -0.2) is 14.8 Å². The molecule has 0 aliphatic heterocycles. The summed E-state index contributed by atoms with van der Waals surface area (Å²) in [7, 11) is 0. The molecule has 0 bridgehead atoms. The number of nitrogens with one attached hydrogen (secondary N) is 1. The Bertz CT molecular complexity index is 722. The summed E-state index contributed by atoms with van der Waals surface area (Å²) >= 11 is 1.30. The third kappa shape index (κ3) is 2.11. The number of hydrogen-bond acceptors (Lipinski definition) is 5. The van der Waals surface area contributed by atoms with E-state index in [0.717, 1.165) is 17.7 Å². The quantitative estimate of drug-likeness (QED) is 0.825. The molecule has 2 aromatic rings. The van der Waals surface area contributed by atoms with E-state index in [4.69, 9.17) is 11.0 Å². The van der Waals surface area contributed by atoms with Crippen LogP contribution in [-0.2, 0) is 0 Å². The monoisotopic (exact) mass is 273 g/mol. The van der Waals surface area contributed by atoms with E-state index in [1.807, 2.05) is 12.1 Å². The number of H-pyrrole nitrogens is 1. The number of aromatic amines is 1. The molecule has 0 saturated heterocycles. The van der Waals surface area contributed by atoms with E-state index in [-0.39, 0.29) is 11.7 Å². The van der Waals surface area contributed by atoms with Crippen molar-refractivity contribution >= 4 is 17.4 Å². The second kappa shape index (κ2) is 4.48. The smallest absolute Gasteiger partial charge is 0.344 e. The van der Waals surface area contributed by atoms with Crippen LogP contribution < -0.4 is 11.4 Å². The average Bonchev–Trinajstić information content (AvgIpc) is 3.17. The fraction of sp³-hybridized carbons (Fsp3) is 0.250. The lowest BCUT2D eigenvalue weighted by Gasteiger charge is -2.06. The van der Waals surface area contributed by atoms with Crippen LogP contribution in [0.1, 0.15) is 24.4 Å². The standard InChI is InChI=1S/C12H11N5OS/c13-6-7-2-1-3-9(10(7)14)19-12-16-15-11(18)17(12)8-4-5-8/h1-3,8H,4-5,14H2,(H,15,18). The second-order valence-electron chi connectivity index (χ2n) is 4.34. The van der Waals surface area contributed by atoms with E-state index in [1.54, 1.807) is 16.7 Å². The zero-order chi connectivity index (χ0) is 13.4. The molecule has 0 spiro atoms. The molecule has 7 heteroatoms. The predicted octanol–water partition coefficient (Wildman–Crippen LogP) is 1.51. The van der Waals surface area contributed by atoms with Gasteiger partial charge in [0.15, 0.2) is 5.16 Å². The minimum atomic E-state index is -0.194. The molecule has 1 aromatic heterocycles. The first-order valence-corrected chi connectivity index (χ1v) is 6.65. The fourth-order valence-electron chi connectivity index (χ4n) is 1.85. The van der Waals surface area contributed by atoms with Crippen LogP contribution in [0.25, 0.3) is 0 Å². The number of anilines is 1. The Kier molecular flexibility index (Phi) is 2.80. The first-order chi connectivity index (χ1) is 9.20. The topological polar surface area (TPSA) is 100 Å². The van der Waals surface area contributed by atoms with Gasteiger partial charge in [-0.1, -0.05) is 6.07 Å². The van der Waals surface area contributed by atoms with Gasteiger partial charge in [-0.05, 0) is 36.7 Å². The lowest BCUT2D eigenvalue weighted by Crippen LogP contribution is -2.16. The van der Waals surface area contributed by atoms with Gasteiger partial charge in [0, 0.05) is 10.9 Å². The molecule has 0 atom stereocenters. The zero-order valence-corrected chi connectivity index (χ0v) is 10.8. The van der Waals surface area contributed by atoms with E-state index in [0.29, 0.717) is 16.4 Å². The second-order valence-corrected chi connectivity index (χ2v) is 5.35. The molecule has 0 amide bonds. The van der Waals surface area contributed by atoms with E-state index in [9.17, 15) is 4.79 Å². The molecular formula is C12H11N5OS. The maximum Gasteiger partial charge on any atom is 0.344 e. The molecule has 19 heavy (non-hydrogen) atoms. The van der Waals surface area contributed by atoms with Crippen LogP contribution in [0.2, 0.25) is 0 Å². The lowest BCUT2D eigenvalue weighted by molar-refractivity contribution is 0.642. The molecule has 3 N–H and O–H groups in total. The molecule has 1 fully saturated rings. The van der Waals surface area contributed by atoms with Crippen LogP contribution >= 0.6 is 11.8 Å². The molecule has 1 aromatic carbocycles. The Balaban J connectivity index is 1.98. The number of nitrogens with two attached hydrogens (primary N) is 1. The Hall–Kier alpha value is -2.20. The van der Waals surface area contributed by atoms with Gasteiger partial charge < -0.3 is 5.73 Å². The Morgan fingerprint density at radius 3 is 3.00 bits per heavy atom. The van der Waals surface area contributed by atoms with Crippen molar-refractivity contribution in [2.75, 3.05) is 5.73 Å². The highest BCUT2D eigenvalue weighted by molar-refractivity contribution is 7.99. The van der Waals surface area contributed by atoms with Crippen molar-refractivity contribution in [3.05, 3.63) is 34.2 Å². The highest BCUT2D eigenvalue weighted by atomic mass is 32.2. The highest BCUT2D eigenvalue weighted by Gasteiger charge is 2.29. The summed E-state index contributed by atoms with van der Waals surface area (Å²) in [6.45, 7) is 0. The summed E-state index contributed by atoms with van der Waals surface area (Å²) in [5.74, 6) is 0. The van der Waals surface area contributed by atoms with E-state index >= 15 is 0 Å². The van der Waals surface area contributed by atoms with Gasteiger partial charge in [-0.15, -0.1) is 5.10 Å². The Morgan fingerprint density at radius 1 is 1.53 bits per heavy atom. The number of para-hydroxylation sites is 1. The van der Waals surface area contributed by atoms with E-state index in [2.05, 4.69) is 10.2 Å². The van der Waals surface area contributed by atoms with Gasteiger partial charge in [0.1, 0.15) is 6.07 Å². The number of benzene rings is 1. The average molecular weight is 273 g/mol. The third-order valence-electron chi connectivity index (χ3n) is 2.97. The number of nitrogen functional groups attached to an aromatic ring is 1. The first kappa shape index (κ1) is 11.9. The van der Waals surface area contributed by atoms with E-state index < -0.39 is 0 Å². The van der Waals surface area contributed by atoms with Crippen LogP contribution in [0.4, 0.5) is 5.69 Å². The molecule has 1 aliphatic rings. The minimum Gasteiger partial charge on any atom is -0.397 e. The molecular weight excluding hydrogens is 262 g/mol. The molecule has 0 unspecified atom stereocenters. The Morgan fingerprint density at radius 2 is 2.32 bits per heavy atom. The third-order valence-corrected chi connectivity index (χ3v) is 4.02. The van der Waals surface area contributed by atoms with Gasteiger partial charge in [-0.25, -0.2) is 9.89 Å². The maximum absolute atomic E-state index is 11.7. The predicted molar refractivity (Wildman–Crippen MR) is 70.8 cm³/mol. The van der Waals surface area contributed by atoms with Crippen molar-refractivity contribution in [2.45, 2.75) is 28.9 Å². The van der Waals surface area contributed by atoms with Crippen molar-refractivity contribution in [3.8, 4) is 6.07 Å². The molecule has 1 aliphatic carbocycles. The van der Waals surface area contributed by atoms with Gasteiger partial charge in [0.05, 0.1) is 11.3 Å². The SMILES string of the molecule is N#Cc1cccc(Sc2n[nH]c(=O)n2C2CC2)c1N. The first-order valence-electron chi connectivity index (χ1n) is 5.84. The molecule has 3 rings (SSSR count). The van der Waals surface area contributed by atoms with Crippen molar-refractivity contribution < 1.29 is 0 Å². The van der Waals surface area contributed by atoms with Crippen molar-refractivity contribution in [1.82, 2.24) is 14.8 Å². The lowest BCUT2D eigenvalue weighted by atomic mass is 10.2. The minimum absolute atomic E-state index is 0.194. The van der Waals surface area contributed by atoms with Crippen molar-refractivity contribution in [3.63, 3.8) is 0 Å². The van der Waals surface area contributed by atoms with Crippen LogP contribution in [0.3, 0.4) is 0 Å². The summed E-state index contributed by atoms with van der Waals surface area (Å²) in [4.78, 5) is 12.4. The summed E-state index contributed by atoms with van der Waals surface area (Å²) in [6.07, 6.45) is 2.00. The molecule has 96 valence electrons. The zero-order valence-electron chi connectivity index (χ0n) is 9.96. The van der Waals surface area contributed by atoms with Crippen molar-refractivity contribution in [2.24, 2.45) is 0 Å². The number of hydrogen-bond donors (Lipinski definition) is 2. The largest absolute Gasteiger partial charge is 0.397 e. The number of nitriles is 1. The fourth-order valence-corrected chi connectivity index (χ4v) is 2.83. The van der Waals surface area contributed by atoms with Gasteiger partial charge in [-0.3, -0.25) is 4.57 Å². The van der Waals surface area contributed by atoms with Crippen LogP contribution in [0, 0.1) is 11.3 Å². The Labute approximate surface area is 113 Å². The molecule has 1 heterocycles. The summed E-state index contributed by atoms with van der Waals surface area (Å²) in [5.41, 5.74) is 6.58. The number of aromatic nitrogens is 3. The molecule has 0 radical (unpaired) electrons.